The third-order valence-corrected chi connectivity index (χ3v) is 4.96. The maximum atomic E-state index is 12.3. The zero-order valence-electron chi connectivity index (χ0n) is 12.6. The molecule has 1 N–H and O–H groups in total. The Morgan fingerprint density at radius 1 is 1.26 bits per heavy atom. The van der Waals surface area contributed by atoms with Crippen LogP contribution in [0.5, 0.6) is 0 Å². The topological polar surface area (TPSA) is 61.9 Å². The number of rotatable bonds is 4. The van der Waals surface area contributed by atoms with Gasteiger partial charge in [-0.1, -0.05) is 29.3 Å². The fraction of sp³-hybridized carbons (Fsp3) is 0.438. The van der Waals surface area contributed by atoms with Gasteiger partial charge in [-0.15, -0.1) is 0 Å². The van der Waals surface area contributed by atoms with E-state index in [0.29, 0.717) is 28.8 Å². The zero-order chi connectivity index (χ0) is 16.2. The van der Waals surface area contributed by atoms with Crippen molar-refractivity contribution >= 4 is 29.1 Å². The molecule has 2 aromatic rings. The van der Waals surface area contributed by atoms with E-state index >= 15 is 0 Å². The van der Waals surface area contributed by atoms with E-state index in [1.807, 2.05) is 23.1 Å². The number of carbonyl (C=O) groups is 1. The molecule has 23 heavy (non-hydrogen) atoms. The highest BCUT2D eigenvalue weighted by Gasteiger charge is 2.26. The Hall–Kier alpha value is -1.59. The molecule has 1 aliphatic rings. The molecular formula is C16H18Cl2N4O. The normalized spacial score (nSPS) is 15.8. The lowest BCUT2D eigenvalue weighted by molar-refractivity contribution is -0.132. The van der Waals surface area contributed by atoms with E-state index in [1.54, 1.807) is 0 Å². The van der Waals surface area contributed by atoms with Gasteiger partial charge in [0.05, 0.1) is 0 Å². The van der Waals surface area contributed by atoms with Crippen molar-refractivity contribution in [1.29, 1.82) is 0 Å². The van der Waals surface area contributed by atoms with E-state index in [9.17, 15) is 4.79 Å². The molecule has 0 atom stereocenters. The second-order valence-corrected chi connectivity index (χ2v) is 6.54. The molecule has 1 aliphatic heterocycles. The van der Waals surface area contributed by atoms with Gasteiger partial charge in [-0.25, -0.2) is 4.98 Å². The van der Waals surface area contributed by atoms with Crippen LogP contribution in [-0.2, 0) is 11.2 Å². The molecule has 1 aromatic carbocycles. The summed E-state index contributed by atoms with van der Waals surface area (Å²) in [5.41, 5.74) is 1.02. The van der Waals surface area contributed by atoms with Gasteiger partial charge in [-0.05, 0) is 36.5 Å². The number of nitrogens with zero attached hydrogens (tertiary/aromatic N) is 3. The summed E-state index contributed by atoms with van der Waals surface area (Å²) in [7, 11) is 0. The molecule has 0 aliphatic carbocycles. The second-order valence-electron chi connectivity index (χ2n) is 5.72. The van der Waals surface area contributed by atoms with Gasteiger partial charge in [0.2, 0.25) is 5.91 Å². The molecule has 1 saturated heterocycles. The summed E-state index contributed by atoms with van der Waals surface area (Å²) in [6.45, 7) is 1.48. The van der Waals surface area contributed by atoms with Crippen molar-refractivity contribution in [1.82, 2.24) is 20.1 Å². The van der Waals surface area contributed by atoms with Gasteiger partial charge < -0.3 is 4.90 Å². The Morgan fingerprint density at radius 2 is 1.96 bits per heavy atom. The van der Waals surface area contributed by atoms with E-state index in [-0.39, 0.29) is 5.91 Å². The summed E-state index contributed by atoms with van der Waals surface area (Å²) in [6, 6.07) is 5.60. The largest absolute Gasteiger partial charge is 0.343 e. The number of nitrogens with one attached hydrogen (secondary N) is 1. The Bertz CT molecular complexity index is 646. The number of aromatic nitrogens is 3. The molecule has 2 heterocycles. The summed E-state index contributed by atoms with van der Waals surface area (Å²) < 4.78 is 0. The number of hydrogen-bond donors (Lipinski definition) is 1. The number of likely N-dealkylation sites (tertiary alicyclic amines) is 1. The molecule has 7 heteroatoms. The van der Waals surface area contributed by atoms with Crippen LogP contribution in [0.25, 0.3) is 0 Å². The van der Waals surface area contributed by atoms with Crippen LogP contribution in [0.4, 0.5) is 0 Å². The number of piperidine rings is 1. The zero-order valence-corrected chi connectivity index (χ0v) is 14.1. The summed E-state index contributed by atoms with van der Waals surface area (Å²) >= 11 is 12.6. The minimum atomic E-state index is 0.158. The summed E-state index contributed by atoms with van der Waals surface area (Å²) in [5.74, 6) is 1.22. The predicted octanol–water partition coefficient (Wildman–Crippen LogP) is 3.45. The number of H-pyrrole nitrogens is 1. The third kappa shape index (κ3) is 3.85. The van der Waals surface area contributed by atoms with Crippen molar-refractivity contribution in [2.24, 2.45) is 0 Å². The van der Waals surface area contributed by atoms with Crippen LogP contribution in [0.3, 0.4) is 0 Å². The first-order valence-electron chi connectivity index (χ1n) is 7.71. The Kier molecular flexibility index (Phi) is 5.18. The molecule has 1 fully saturated rings. The van der Waals surface area contributed by atoms with Crippen LogP contribution >= 0.6 is 23.2 Å². The molecule has 0 saturated carbocycles. The number of halogens is 2. The second kappa shape index (κ2) is 7.32. The van der Waals surface area contributed by atoms with E-state index in [2.05, 4.69) is 15.2 Å². The van der Waals surface area contributed by atoms with Crippen molar-refractivity contribution in [2.75, 3.05) is 13.1 Å². The SMILES string of the molecule is O=C(CCc1ncn[nH]1)N1CCC(c2c(Cl)cccc2Cl)CC1. The maximum absolute atomic E-state index is 12.3. The summed E-state index contributed by atoms with van der Waals surface area (Å²) in [6.07, 6.45) is 4.27. The van der Waals surface area contributed by atoms with Crippen molar-refractivity contribution in [3.8, 4) is 0 Å². The fourth-order valence-electron chi connectivity index (χ4n) is 3.05. The predicted molar refractivity (Wildman–Crippen MR) is 89.7 cm³/mol. The Labute approximate surface area is 145 Å². The first kappa shape index (κ1) is 16.3. The molecule has 5 nitrogen and oxygen atoms in total. The lowest BCUT2D eigenvalue weighted by Gasteiger charge is -2.33. The van der Waals surface area contributed by atoms with Crippen LogP contribution in [0.15, 0.2) is 24.5 Å². The first-order valence-corrected chi connectivity index (χ1v) is 8.46. The van der Waals surface area contributed by atoms with E-state index in [1.165, 1.54) is 6.33 Å². The quantitative estimate of drug-likeness (QED) is 0.916. The first-order chi connectivity index (χ1) is 11.1. The van der Waals surface area contributed by atoms with Gasteiger partial charge in [-0.2, -0.15) is 5.10 Å². The summed E-state index contributed by atoms with van der Waals surface area (Å²) in [5, 5.41) is 7.99. The molecule has 0 unspecified atom stereocenters. The van der Waals surface area contributed by atoms with Gasteiger partial charge in [0.15, 0.2) is 0 Å². The summed E-state index contributed by atoms with van der Waals surface area (Å²) in [4.78, 5) is 18.2. The molecule has 122 valence electrons. The molecular weight excluding hydrogens is 335 g/mol. The highest BCUT2D eigenvalue weighted by molar-refractivity contribution is 6.36. The van der Waals surface area contributed by atoms with Crippen LogP contribution in [0.1, 0.15) is 36.6 Å². The number of aryl methyl sites for hydroxylation is 1. The third-order valence-electron chi connectivity index (χ3n) is 4.30. The van der Waals surface area contributed by atoms with Crippen LogP contribution in [0, 0.1) is 0 Å². The monoisotopic (exact) mass is 352 g/mol. The fourth-order valence-corrected chi connectivity index (χ4v) is 3.76. The van der Waals surface area contributed by atoms with Crippen molar-refractivity contribution in [3.63, 3.8) is 0 Å². The van der Waals surface area contributed by atoms with E-state index < -0.39 is 0 Å². The lowest BCUT2D eigenvalue weighted by Crippen LogP contribution is -2.38. The molecule has 1 aromatic heterocycles. The van der Waals surface area contributed by atoms with Crippen molar-refractivity contribution < 1.29 is 4.79 Å². The number of amides is 1. The Balaban J connectivity index is 1.55. The van der Waals surface area contributed by atoms with Crippen molar-refractivity contribution in [3.05, 3.63) is 46.0 Å². The maximum Gasteiger partial charge on any atom is 0.223 e. The molecule has 0 bridgehead atoms. The van der Waals surface area contributed by atoms with Gasteiger partial charge >= 0.3 is 0 Å². The van der Waals surface area contributed by atoms with Crippen LogP contribution in [-0.4, -0.2) is 39.1 Å². The minimum absolute atomic E-state index is 0.158. The minimum Gasteiger partial charge on any atom is -0.343 e. The van der Waals surface area contributed by atoms with E-state index in [4.69, 9.17) is 23.2 Å². The molecule has 0 spiro atoms. The van der Waals surface area contributed by atoms with Crippen LogP contribution in [0.2, 0.25) is 10.0 Å². The smallest absolute Gasteiger partial charge is 0.223 e. The average molecular weight is 353 g/mol. The highest BCUT2D eigenvalue weighted by atomic mass is 35.5. The molecule has 0 radical (unpaired) electrons. The Morgan fingerprint density at radius 3 is 2.57 bits per heavy atom. The van der Waals surface area contributed by atoms with Gasteiger partial charge in [0, 0.05) is 36.0 Å². The number of benzene rings is 1. The average Bonchev–Trinajstić information content (AvgIpc) is 3.06. The highest BCUT2D eigenvalue weighted by Crippen LogP contribution is 2.37. The number of carbonyl (C=O) groups excluding carboxylic acids is 1. The lowest BCUT2D eigenvalue weighted by atomic mass is 9.89. The van der Waals surface area contributed by atoms with Gasteiger partial charge in [0.25, 0.3) is 0 Å². The molecule has 3 rings (SSSR count). The molecule has 1 amide bonds. The number of aromatic amines is 1. The van der Waals surface area contributed by atoms with Crippen LogP contribution < -0.4 is 0 Å². The van der Waals surface area contributed by atoms with Crippen molar-refractivity contribution in [2.45, 2.75) is 31.6 Å². The van der Waals surface area contributed by atoms with E-state index in [0.717, 1.165) is 37.3 Å². The van der Waals surface area contributed by atoms with Gasteiger partial charge in [-0.3, -0.25) is 9.89 Å². The standard InChI is InChI=1S/C16H18Cl2N4O/c17-12-2-1-3-13(18)16(12)11-6-8-22(9-7-11)15(23)5-4-14-19-10-20-21-14/h1-3,10-11H,4-9H2,(H,19,20,21). The number of hydrogen-bond acceptors (Lipinski definition) is 3. The van der Waals surface area contributed by atoms with Gasteiger partial charge in [0.1, 0.15) is 12.2 Å².